The van der Waals surface area contributed by atoms with E-state index in [1.165, 1.54) is 12.4 Å². The van der Waals surface area contributed by atoms with Gasteiger partial charge in [0.25, 0.3) is 0 Å². The summed E-state index contributed by atoms with van der Waals surface area (Å²) in [5.41, 5.74) is 0.900. The number of rotatable bonds is 5. The van der Waals surface area contributed by atoms with Crippen molar-refractivity contribution in [2.75, 3.05) is 18.4 Å². The zero-order valence-electron chi connectivity index (χ0n) is 13.0. The van der Waals surface area contributed by atoms with Gasteiger partial charge in [-0.2, -0.15) is 0 Å². The van der Waals surface area contributed by atoms with E-state index in [-0.39, 0.29) is 11.7 Å². The third-order valence-electron chi connectivity index (χ3n) is 4.25. The highest BCUT2D eigenvalue weighted by Crippen LogP contribution is 2.20. The van der Waals surface area contributed by atoms with Gasteiger partial charge in [0, 0.05) is 24.5 Å². The van der Waals surface area contributed by atoms with Crippen molar-refractivity contribution in [3.63, 3.8) is 0 Å². The van der Waals surface area contributed by atoms with Crippen LogP contribution in [0.1, 0.15) is 25.7 Å². The van der Waals surface area contributed by atoms with Gasteiger partial charge in [-0.3, -0.25) is 4.79 Å². The molecule has 5 nitrogen and oxygen atoms in total. The Morgan fingerprint density at radius 1 is 1.39 bits per heavy atom. The standard InChI is InChI=1S/C17H21FN4O/c18-15-11-14(2-3-16(15)22-10-9-20-12-22)21-17(23)4-1-13-5-7-19-8-6-13/h2-3,9-13,19H,1,4-8H2,(H,21,23). The monoisotopic (exact) mass is 316 g/mol. The molecule has 122 valence electrons. The van der Waals surface area contributed by atoms with Crippen LogP contribution in [0.3, 0.4) is 0 Å². The minimum absolute atomic E-state index is 0.0571. The van der Waals surface area contributed by atoms with E-state index in [0.29, 0.717) is 23.7 Å². The lowest BCUT2D eigenvalue weighted by atomic mass is 9.93. The quantitative estimate of drug-likeness (QED) is 0.892. The number of nitrogens with zero attached hydrogens (tertiary/aromatic N) is 2. The predicted molar refractivity (Wildman–Crippen MR) is 87.0 cm³/mol. The van der Waals surface area contributed by atoms with E-state index in [2.05, 4.69) is 15.6 Å². The van der Waals surface area contributed by atoms with Crippen LogP contribution in [0.2, 0.25) is 0 Å². The summed E-state index contributed by atoms with van der Waals surface area (Å²) in [5, 5.41) is 6.09. The lowest BCUT2D eigenvalue weighted by Gasteiger charge is -2.22. The molecule has 0 atom stereocenters. The maximum atomic E-state index is 14.1. The molecule has 1 aromatic heterocycles. The normalized spacial score (nSPS) is 15.5. The Bertz CT molecular complexity index is 651. The number of carbonyl (C=O) groups is 1. The van der Waals surface area contributed by atoms with Crippen LogP contribution in [0.15, 0.2) is 36.9 Å². The number of nitrogens with one attached hydrogen (secondary N) is 2. The Labute approximate surface area is 134 Å². The lowest BCUT2D eigenvalue weighted by Crippen LogP contribution is -2.28. The summed E-state index contributed by atoms with van der Waals surface area (Å²) >= 11 is 0. The molecule has 23 heavy (non-hydrogen) atoms. The van der Waals surface area contributed by atoms with Gasteiger partial charge in [0.05, 0.1) is 12.0 Å². The molecule has 0 saturated carbocycles. The largest absolute Gasteiger partial charge is 0.326 e. The Morgan fingerprint density at radius 2 is 2.22 bits per heavy atom. The van der Waals surface area contributed by atoms with Crippen molar-refractivity contribution in [1.82, 2.24) is 14.9 Å². The van der Waals surface area contributed by atoms with Crippen LogP contribution in [-0.2, 0) is 4.79 Å². The number of hydrogen-bond donors (Lipinski definition) is 2. The first-order valence-electron chi connectivity index (χ1n) is 8.01. The van der Waals surface area contributed by atoms with Gasteiger partial charge < -0.3 is 15.2 Å². The molecule has 1 aliphatic heterocycles. The number of piperidine rings is 1. The number of halogens is 1. The Kier molecular flexibility index (Phi) is 5.02. The van der Waals surface area contributed by atoms with E-state index in [9.17, 15) is 9.18 Å². The smallest absolute Gasteiger partial charge is 0.224 e. The number of amides is 1. The molecule has 2 heterocycles. The van der Waals surface area contributed by atoms with Crippen LogP contribution in [0.4, 0.5) is 10.1 Å². The number of aromatic nitrogens is 2. The highest BCUT2D eigenvalue weighted by atomic mass is 19.1. The van der Waals surface area contributed by atoms with Gasteiger partial charge in [0.1, 0.15) is 5.82 Å². The van der Waals surface area contributed by atoms with E-state index in [4.69, 9.17) is 0 Å². The average Bonchev–Trinajstić information content (AvgIpc) is 3.08. The molecule has 0 spiro atoms. The highest BCUT2D eigenvalue weighted by molar-refractivity contribution is 5.90. The number of hydrogen-bond acceptors (Lipinski definition) is 3. The second-order valence-corrected chi connectivity index (χ2v) is 5.92. The summed E-state index contributed by atoms with van der Waals surface area (Å²) < 4.78 is 15.7. The molecule has 1 aromatic carbocycles. The molecular weight excluding hydrogens is 295 g/mol. The minimum atomic E-state index is -0.390. The third kappa shape index (κ3) is 4.16. The predicted octanol–water partition coefficient (Wildman–Crippen LogP) is 2.73. The Morgan fingerprint density at radius 3 is 2.91 bits per heavy atom. The van der Waals surface area contributed by atoms with Crippen LogP contribution in [0.25, 0.3) is 5.69 Å². The van der Waals surface area contributed by atoms with Crippen molar-refractivity contribution in [3.8, 4) is 5.69 Å². The molecule has 2 N–H and O–H groups in total. The SMILES string of the molecule is O=C(CCC1CCNCC1)Nc1ccc(-n2ccnc2)c(F)c1. The molecule has 0 bridgehead atoms. The van der Waals surface area contributed by atoms with Crippen LogP contribution in [0.5, 0.6) is 0 Å². The summed E-state index contributed by atoms with van der Waals surface area (Å²) in [6, 6.07) is 4.69. The van der Waals surface area contributed by atoms with Gasteiger partial charge in [0.2, 0.25) is 5.91 Å². The van der Waals surface area contributed by atoms with E-state index in [1.54, 1.807) is 29.1 Å². The van der Waals surface area contributed by atoms with Crippen molar-refractivity contribution in [2.45, 2.75) is 25.7 Å². The van der Waals surface area contributed by atoms with Gasteiger partial charge in [-0.15, -0.1) is 0 Å². The fraction of sp³-hybridized carbons (Fsp3) is 0.412. The summed E-state index contributed by atoms with van der Waals surface area (Å²) in [4.78, 5) is 15.9. The van der Waals surface area contributed by atoms with Gasteiger partial charge in [-0.05, 0) is 56.5 Å². The van der Waals surface area contributed by atoms with E-state index >= 15 is 0 Å². The van der Waals surface area contributed by atoms with Crippen LogP contribution in [0, 0.1) is 11.7 Å². The third-order valence-corrected chi connectivity index (χ3v) is 4.25. The minimum Gasteiger partial charge on any atom is -0.326 e. The molecule has 1 aliphatic rings. The van der Waals surface area contributed by atoms with Gasteiger partial charge >= 0.3 is 0 Å². The van der Waals surface area contributed by atoms with Gasteiger partial charge in [0.15, 0.2) is 0 Å². The maximum absolute atomic E-state index is 14.1. The average molecular weight is 316 g/mol. The summed E-state index contributed by atoms with van der Waals surface area (Å²) in [6.07, 6.45) is 8.43. The first-order chi connectivity index (χ1) is 11.2. The lowest BCUT2D eigenvalue weighted by molar-refractivity contribution is -0.116. The fourth-order valence-electron chi connectivity index (χ4n) is 2.92. The molecule has 1 saturated heterocycles. The first kappa shape index (κ1) is 15.7. The summed E-state index contributed by atoms with van der Waals surface area (Å²) in [6.45, 7) is 2.07. The molecule has 0 unspecified atom stereocenters. The second-order valence-electron chi connectivity index (χ2n) is 5.92. The molecule has 3 rings (SSSR count). The zero-order chi connectivity index (χ0) is 16.1. The van der Waals surface area contributed by atoms with E-state index in [1.807, 2.05) is 0 Å². The van der Waals surface area contributed by atoms with Crippen LogP contribution < -0.4 is 10.6 Å². The van der Waals surface area contributed by atoms with Crippen molar-refractivity contribution in [3.05, 3.63) is 42.7 Å². The van der Waals surface area contributed by atoms with Gasteiger partial charge in [-0.1, -0.05) is 0 Å². The van der Waals surface area contributed by atoms with Crippen LogP contribution in [-0.4, -0.2) is 28.5 Å². The van der Waals surface area contributed by atoms with Crippen molar-refractivity contribution < 1.29 is 9.18 Å². The summed E-state index contributed by atoms with van der Waals surface area (Å²) in [5.74, 6) is 0.167. The number of anilines is 1. The number of benzene rings is 1. The Hall–Kier alpha value is -2.21. The van der Waals surface area contributed by atoms with Crippen LogP contribution >= 0.6 is 0 Å². The molecule has 0 radical (unpaired) electrons. The van der Waals surface area contributed by atoms with Crippen molar-refractivity contribution in [1.29, 1.82) is 0 Å². The number of imidazole rings is 1. The van der Waals surface area contributed by atoms with Gasteiger partial charge in [-0.25, -0.2) is 9.37 Å². The maximum Gasteiger partial charge on any atom is 0.224 e. The molecule has 6 heteroatoms. The highest BCUT2D eigenvalue weighted by Gasteiger charge is 2.15. The van der Waals surface area contributed by atoms with Crippen molar-refractivity contribution >= 4 is 11.6 Å². The van der Waals surface area contributed by atoms with E-state index < -0.39 is 0 Å². The zero-order valence-corrected chi connectivity index (χ0v) is 13.0. The number of carbonyl (C=O) groups excluding carboxylic acids is 1. The molecule has 2 aromatic rings. The Balaban J connectivity index is 1.55. The molecule has 1 fully saturated rings. The summed E-state index contributed by atoms with van der Waals surface area (Å²) in [7, 11) is 0. The molecular formula is C17H21FN4O. The second kappa shape index (κ2) is 7.37. The first-order valence-corrected chi connectivity index (χ1v) is 8.01. The van der Waals surface area contributed by atoms with Crippen molar-refractivity contribution in [2.24, 2.45) is 5.92 Å². The fourth-order valence-corrected chi connectivity index (χ4v) is 2.92. The molecule has 1 amide bonds. The molecule has 0 aliphatic carbocycles. The topological polar surface area (TPSA) is 59.0 Å². The van der Waals surface area contributed by atoms with E-state index in [0.717, 1.165) is 32.4 Å².